The van der Waals surface area contributed by atoms with E-state index in [9.17, 15) is 0 Å². The van der Waals surface area contributed by atoms with Crippen LogP contribution in [-0.2, 0) is 0 Å². The Morgan fingerprint density at radius 3 is 2.10 bits per heavy atom. The molecule has 0 radical (unpaired) electrons. The molecular formula is C41H43N. The molecule has 42 heavy (non-hydrogen) atoms. The zero-order chi connectivity index (χ0) is 30.2. The molecule has 0 saturated carbocycles. The predicted octanol–water partition coefficient (Wildman–Crippen LogP) is 10.1. The van der Waals surface area contributed by atoms with Crippen LogP contribution in [0.15, 0.2) is 167 Å². The van der Waals surface area contributed by atoms with Gasteiger partial charge in [0, 0.05) is 29.5 Å². The lowest BCUT2D eigenvalue weighted by Crippen LogP contribution is -2.13. The van der Waals surface area contributed by atoms with Gasteiger partial charge in [0.05, 0.1) is 0 Å². The van der Waals surface area contributed by atoms with Crippen molar-refractivity contribution in [2.45, 2.75) is 46.5 Å². The second-order valence-electron chi connectivity index (χ2n) is 11.5. The molecule has 0 saturated heterocycles. The second-order valence-corrected chi connectivity index (χ2v) is 11.5. The van der Waals surface area contributed by atoms with Gasteiger partial charge in [-0.25, -0.2) is 0 Å². The van der Waals surface area contributed by atoms with Crippen LogP contribution in [0.4, 0.5) is 0 Å². The van der Waals surface area contributed by atoms with Crippen molar-refractivity contribution < 1.29 is 0 Å². The van der Waals surface area contributed by atoms with Crippen molar-refractivity contribution in [2.75, 3.05) is 0 Å². The second kappa shape index (κ2) is 13.9. The van der Waals surface area contributed by atoms with Crippen LogP contribution >= 0.6 is 0 Å². The SMILES string of the molecule is C#CC(=C)C1=CCC(C2=CC(C(c3ccccc3)c3ccccc3)/C(=C/C(=CN)/C(C(C)=C(C)C)=C(\C)C=C)C2)C=C1. The lowest BCUT2D eigenvalue weighted by molar-refractivity contribution is 0.659. The monoisotopic (exact) mass is 549 g/mol. The summed E-state index contributed by atoms with van der Waals surface area (Å²) in [6, 6.07) is 21.7. The van der Waals surface area contributed by atoms with E-state index in [1.807, 2.05) is 6.08 Å². The molecule has 0 bridgehead atoms. The fourth-order valence-electron chi connectivity index (χ4n) is 6.09. The minimum Gasteiger partial charge on any atom is -0.404 e. The Bertz CT molecular complexity index is 1550. The minimum atomic E-state index is 0.174. The molecule has 0 spiro atoms. The third kappa shape index (κ3) is 6.67. The molecule has 2 atom stereocenters. The highest BCUT2D eigenvalue weighted by atomic mass is 14.5. The largest absolute Gasteiger partial charge is 0.404 e. The van der Waals surface area contributed by atoms with Crippen molar-refractivity contribution >= 4 is 0 Å². The molecule has 2 N–H and O–H groups in total. The van der Waals surface area contributed by atoms with Crippen LogP contribution in [0.3, 0.4) is 0 Å². The van der Waals surface area contributed by atoms with Crippen LogP contribution in [0.25, 0.3) is 0 Å². The van der Waals surface area contributed by atoms with E-state index in [1.54, 1.807) is 6.20 Å². The number of hydrogen-bond acceptors (Lipinski definition) is 1. The maximum atomic E-state index is 6.40. The van der Waals surface area contributed by atoms with Crippen molar-refractivity contribution in [3.8, 4) is 12.3 Å². The van der Waals surface area contributed by atoms with Crippen molar-refractivity contribution in [1.82, 2.24) is 0 Å². The Balaban J connectivity index is 1.87. The molecule has 0 aromatic heterocycles. The average Bonchev–Trinajstić information content (AvgIpc) is 3.44. The van der Waals surface area contributed by atoms with Gasteiger partial charge in [0.25, 0.3) is 0 Å². The van der Waals surface area contributed by atoms with Gasteiger partial charge in [0.2, 0.25) is 0 Å². The van der Waals surface area contributed by atoms with Crippen LogP contribution in [0.2, 0.25) is 0 Å². The van der Waals surface area contributed by atoms with Crippen molar-refractivity contribution in [3.05, 3.63) is 178 Å². The fourth-order valence-corrected chi connectivity index (χ4v) is 6.09. The Morgan fingerprint density at radius 1 is 1.00 bits per heavy atom. The third-order valence-corrected chi connectivity index (χ3v) is 8.64. The molecule has 212 valence electrons. The van der Waals surface area contributed by atoms with Crippen molar-refractivity contribution in [3.63, 3.8) is 0 Å². The highest BCUT2D eigenvalue weighted by molar-refractivity contribution is 5.59. The van der Waals surface area contributed by atoms with Gasteiger partial charge in [0.15, 0.2) is 0 Å². The molecule has 0 amide bonds. The third-order valence-electron chi connectivity index (χ3n) is 8.64. The summed E-state index contributed by atoms with van der Waals surface area (Å²) >= 11 is 0. The molecule has 1 heteroatoms. The number of nitrogens with two attached hydrogens (primary N) is 1. The summed E-state index contributed by atoms with van der Waals surface area (Å²) < 4.78 is 0. The zero-order valence-electron chi connectivity index (χ0n) is 25.5. The first-order valence-corrected chi connectivity index (χ1v) is 14.7. The Hall–Kier alpha value is -4.54. The van der Waals surface area contributed by atoms with Gasteiger partial charge in [-0.2, -0.15) is 0 Å². The molecule has 2 unspecified atom stereocenters. The van der Waals surface area contributed by atoms with Gasteiger partial charge in [-0.1, -0.05) is 133 Å². The molecule has 2 aliphatic carbocycles. The molecule has 2 aromatic rings. The number of allylic oxidation sites excluding steroid dienone is 15. The van der Waals surface area contributed by atoms with Gasteiger partial charge < -0.3 is 5.73 Å². The summed E-state index contributed by atoms with van der Waals surface area (Å²) in [5, 5.41) is 0. The van der Waals surface area contributed by atoms with Crippen LogP contribution < -0.4 is 5.73 Å². The molecule has 0 aliphatic heterocycles. The number of benzene rings is 2. The first kappa shape index (κ1) is 30.4. The van der Waals surface area contributed by atoms with E-state index in [-0.39, 0.29) is 11.8 Å². The summed E-state index contributed by atoms with van der Waals surface area (Å²) in [6.45, 7) is 16.7. The molecule has 2 aliphatic rings. The van der Waals surface area contributed by atoms with E-state index in [0.717, 1.165) is 40.7 Å². The Morgan fingerprint density at radius 2 is 1.62 bits per heavy atom. The number of hydrogen-bond donors (Lipinski definition) is 1. The van der Waals surface area contributed by atoms with E-state index in [4.69, 9.17) is 12.2 Å². The fraction of sp³-hybridized carbons (Fsp3) is 0.220. The summed E-state index contributed by atoms with van der Waals surface area (Å²) in [6.07, 6.45) is 22.6. The summed E-state index contributed by atoms with van der Waals surface area (Å²) in [4.78, 5) is 0. The van der Waals surface area contributed by atoms with E-state index < -0.39 is 0 Å². The summed E-state index contributed by atoms with van der Waals surface area (Å²) in [7, 11) is 0. The molecule has 1 nitrogen and oxygen atoms in total. The topological polar surface area (TPSA) is 26.0 Å². The van der Waals surface area contributed by atoms with Gasteiger partial charge in [-0.15, -0.1) is 6.42 Å². The summed E-state index contributed by atoms with van der Waals surface area (Å²) in [5.41, 5.74) is 19.4. The van der Waals surface area contributed by atoms with Crippen molar-refractivity contribution in [1.29, 1.82) is 0 Å². The molecule has 0 heterocycles. The molecule has 0 fully saturated rings. The maximum Gasteiger partial charge on any atom is 0.0239 e. The molecule has 2 aromatic carbocycles. The van der Waals surface area contributed by atoms with Gasteiger partial charge in [-0.3, -0.25) is 0 Å². The van der Waals surface area contributed by atoms with Gasteiger partial charge >= 0.3 is 0 Å². The van der Waals surface area contributed by atoms with Gasteiger partial charge in [-0.05, 0) is 79.5 Å². The standard InChI is InChI=1S/C41H43N/c1-8-29(5)32-20-22-33(23-21-32)36-24-37(25-38(27-42)40(30(6)9-2)31(7)28(3)4)39(26-36)41(34-16-12-10-13-17-34)35-18-14-11-15-19-35/h1,9-22,25-27,33,39,41H,2,5,23-24,42H2,3-4,6-7H3/b37-25+,38-27?,40-30+. The van der Waals surface area contributed by atoms with E-state index in [2.05, 4.69) is 138 Å². The van der Waals surface area contributed by atoms with Crippen LogP contribution in [0.5, 0.6) is 0 Å². The van der Waals surface area contributed by atoms with Gasteiger partial charge in [0.1, 0.15) is 0 Å². The van der Waals surface area contributed by atoms with E-state index >= 15 is 0 Å². The highest BCUT2D eigenvalue weighted by Crippen LogP contribution is 2.47. The van der Waals surface area contributed by atoms with Crippen molar-refractivity contribution in [2.24, 2.45) is 17.6 Å². The average molecular weight is 550 g/mol. The lowest BCUT2D eigenvalue weighted by atomic mass is 9.77. The zero-order valence-corrected chi connectivity index (χ0v) is 25.5. The first-order chi connectivity index (χ1) is 20.3. The lowest BCUT2D eigenvalue weighted by Gasteiger charge is -2.26. The van der Waals surface area contributed by atoms with Crippen LogP contribution in [0.1, 0.15) is 57.6 Å². The highest BCUT2D eigenvalue weighted by Gasteiger charge is 2.33. The van der Waals surface area contributed by atoms with E-state index in [1.165, 1.54) is 33.4 Å². The Kier molecular flexibility index (Phi) is 10.1. The van der Waals surface area contributed by atoms with E-state index in [0.29, 0.717) is 5.92 Å². The first-order valence-electron chi connectivity index (χ1n) is 14.7. The summed E-state index contributed by atoms with van der Waals surface area (Å²) in [5.74, 6) is 3.35. The number of terminal acetylenes is 1. The minimum absolute atomic E-state index is 0.174. The maximum absolute atomic E-state index is 6.40. The quantitative estimate of drug-likeness (QED) is 0.188. The predicted molar refractivity (Wildman–Crippen MR) is 182 cm³/mol. The smallest absolute Gasteiger partial charge is 0.0239 e. The normalized spacial score (nSPS) is 20.0. The number of rotatable bonds is 9. The van der Waals surface area contributed by atoms with Crippen LogP contribution in [0, 0.1) is 24.2 Å². The molecule has 4 rings (SSSR count). The molecular weight excluding hydrogens is 506 g/mol. The van der Waals surface area contributed by atoms with Crippen LogP contribution in [-0.4, -0.2) is 0 Å². The Labute approximate surface area is 253 Å².